The maximum absolute atomic E-state index is 12.3. The smallest absolute Gasteiger partial charge is 0.338 e. The normalized spacial score (nSPS) is 23.8. The van der Waals surface area contributed by atoms with E-state index in [0.717, 1.165) is 12.1 Å². The number of carbonyl (C=O) groups excluding carboxylic acids is 1. The van der Waals surface area contributed by atoms with Gasteiger partial charge < -0.3 is 54.0 Å². The van der Waals surface area contributed by atoms with Crippen LogP contribution in [0.1, 0.15) is 10.4 Å². The Bertz CT molecular complexity index is 1310. The SMILES string of the molecule is COc1cc2ccc(=O)oc2cc1O[C@@H]1O[C@H](COC(=O)c2cc(O)c(O)c(O)c2)[C@@H](O)[C@H](O)[C@H]1O. The number of hydrogen-bond acceptors (Lipinski definition) is 13. The molecule has 192 valence electrons. The van der Waals surface area contributed by atoms with Crippen molar-refractivity contribution in [2.45, 2.75) is 30.7 Å². The number of hydrogen-bond donors (Lipinski definition) is 6. The quantitative estimate of drug-likeness (QED) is 0.148. The van der Waals surface area contributed by atoms with Crippen molar-refractivity contribution in [2.24, 2.45) is 0 Å². The Hall–Kier alpha value is -4.04. The van der Waals surface area contributed by atoms with Crippen LogP contribution in [0.5, 0.6) is 28.7 Å². The highest BCUT2D eigenvalue weighted by Gasteiger charge is 2.45. The van der Waals surface area contributed by atoms with Crippen LogP contribution in [0.3, 0.4) is 0 Å². The van der Waals surface area contributed by atoms with Gasteiger partial charge in [0.2, 0.25) is 6.29 Å². The highest BCUT2D eigenvalue weighted by atomic mass is 16.7. The van der Waals surface area contributed by atoms with E-state index in [-0.39, 0.29) is 22.6 Å². The number of phenolic OH excluding ortho intramolecular Hbond substituents is 3. The molecular weight excluding hydrogens is 484 g/mol. The number of methoxy groups -OCH3 is 1. The summed E-state index contributed by atoms with van der Waals surface area (Å²) in [4.78, 5) is 23.9. The predicted octanol–water partition coefficient (Wildman–Crippen LogP) is -0.0382. The molecule has 1 saturated heterocycles. The maximum atomic E-state index is 12.3. The molecule has 0 unspecified atom stereocenters. The molecule has 1 fully saturated rings. The number of phenols is 3. The van der Waals surface area contributed by atoms with Crippen molar-refractivity contribution in [2.75, 3.05) is 13.7 Å². The minimum Gasteiger partial charge on any atom is -0.504 e. The van der Waals surface area contributed by atoms with Crippen LogP contribution in [0.25, 0.3) is 11.0 Å². The van der Waals surface area contributed by atoms with Gasteiger partial charge in [-0.1, -0.05) is 0 Å². The number of carbonyl (C=O) groups is 1. The summed E-state index contributed by atoms with van der Waals surface area (Å²) in [5.41, 5.74) is -0.776. The van der Waals surface area contributed by atoms with Gasteiger partial charge in [0.1, 0.15) is 36.6 Å². The fourth-order valence-corrected chi connectivity index (χ4v) is 3.57. The number of aliphatic hydroxyl groups excluding tert-OH is 3. The molecule has 1 aliphatic heterocycles. The molecule has 2 aromatic carbocycles. The lowest BCUT2D eigenvalue weighted by molar-refractivity contribution is -0.277. The molecule has 0 spiro atoms. The Labute approximate surface area is 201 Å². The van der Waals surface area contributed by atoms with E-state index in [0.29, 0.717) is 5.39 Å². The Morgan fingerprint density at radius 3 is 2.31 bits per heavy atom. The summed E-state index contributed by atoms with van der Waals surface area (Å²) in [5.74, 6) is -3.23. The molecule has 4 rings (SSSR count). The lowest BCUT2D eigenvalue weighted by atomic mass is 9.99. The third-order valence-electron chi connectivity index (χ3n) is 5.50. The maximum Gasteiger partial charge on any atom is 0.338 e. The zero-order chi connectivity index (χ0) is 26.1. The summed E-state index contributed by atoms with van der Waals surface area (Å²) in [7, 11) is 1.35. The molecule has 36 heavy (non-hydrogen) atoms. The van der Waals surface area contributed by atoms with Crippen molar-refractivity contribution in [3.63, 3.8) is 0 Å². The van der Waals surface area contributed by atoms with Crippen molar-refractivity contribution < 1.29 is 58.8 Å². The monoisotopic (exact) mass is 506 g/mol. The van der Waals surface area contributed by atoms with Gasteiger partial charge in [0, 0.05) is 17.5 Å². The van der Waals surface area contributed by atoms with Gasteiger partial charge in [0.05, 0.1) is 12.7 Å². The Kier molecular flexibility index (Phi) is 6.90. The molecule has 0 saturated carbocycles. The first-order chi connectivity index (χ1) is 17.1. The minimum atomic E-state index is -1.77. The van der Waals surface area contributed by atoms with Crippen molar-refractivity contribution in [1.82, 2.24) is 0 Å². The molecule has 6 N–H and O–H groups in total. The molecule has 3 aromatic rings. The summed E-state index contributed by atoms with van der Waals surface area (Å²) >= 11 is 0. The number of ether oxygens (including phenoxy) is 4. The third-order valence-corrected chi connectivity index (χ3v) is 5.50. The first-order valence-corrected chi connectivity index (χ1v) is 10.5. The van der Waals surface area contributed by atoms with Gasteiger partial charge in [-0.25, -0.2) is 9.59 Å². The molecular formula is C23H22O13. The van der Waals surface area contributed by atoms with E-state index in [1.165, 1.54) is 31.4 Å². The Morgan fingerprint density at radius 2 is 1.64 bits per heavy atom. The molecule has 1 aliphatic rings. The van der Waals surface area contributed by atoms with Crippen molar-refractivity contribution in [1.29, 1.82) is 0 Å². The van der Waals surface area contributed by atoms with E-state index in [1.807, 2.05) is 0 Å². The van der Waals surface area contributed by atoms with E-state index >= 15 is 0 Å². The zero-order valence-corrected chi connectivity index (χ0v) is 18.6. The molecule has 0 bridgehead atoms. The second kappa shape index (κ2) is 9.91. The molecule has 1 aromatic heterocycles. The van der Waals surface area contributed by atoms with Gasteiger partial charge in [-0.3, -0.25) is 0 Å². The van der Waals surface area contributed by atoms with E-state index in [4.69, 9.17) is 23.4 Å². The van der Waals surface area contributed by atoms with Gasteiger partial charge in [0.25, 0.3) is 0 Å². The average Bonchev–Trinajstić information content (AvgIpc) is 2.85. The molecule has 0 radical (unpaired) electrons. The van der Waals surface area contributed by atoms with Crippen molar-refractivity contribution in [3.05, 3.63) is 52.4 Å². The summed E-state index contributed by atoms with van der Waals surface area (Å²) in [5, 5.41) is 60.0. The van der Waals surface area contributed by atoms with E-state index in [9.17, 15) is 40.2 Å². The summed E-state index contributed by atoms with van der Waals surface area (Å²) in [6, 6.07) is 7.27. The van der Waals surface area contributed by atoms with Gasteiger partial charge >= 0.3 is 11.6 Å². The van der Waals surface area contributed by atoms with Crippen LogP contribution in [-0.4, -0.2) is 81.0 Å². The number of aliphatic hydroxyl groups is 3. The summed E-state index contributed by atoms with van der Waals surface area (Å²) < 4.78 is 26.6. The van der Waals surface area contributed by atoms with Crippen LogP contribution in [0, 0.1) is 0 Å². The van der Waals surface area contributed by atoms with Crippen LogP contribution < -0.4 is 15.1 Å². The third kappa shape index (κ3) is 4.85. The van der Waals surface area contributed by atoms with E-state index in [2.05, 4.69) is 0 Å². The molecule has 0 aliphatic carbocycles. The van der Waals surface area contributed by atoms with Crippen molar-refractivity contribution in [3.8, 4) is 28.7 Å². The van der Waals surface area contributed by atoms with E-state index in [1.54, 1.807) is 0 Å². The van der Waals surface area contributed by atoms with Gasteiger partial charge in [-0.15, -0.1) is 0 Å². The standard InChI is InChI=1S/C23H22O13/c1-32-14-6-9-2-3-17(26)34-13(9)7-15(14)35-23-21(30)20(29)19(28)16(36-23)8-33-22(31)10-4-11(24)18(27)12(25)5-10/h2-7,16,19-21,23-25,27-30H,8H2,1H3/t16-,19-,20+,21-,23-/m1/s1. The molecule has 5 atom stereocenters. The molecule has 0 amide bonds. The fraction of sp³-hybridized carbons (Fsp3) is 0.304. The van der Waals surface area contributed by atoms with Crippen molar-refractivity contribution >= 4 is 16.9 Å². The summed E-state index contributed by atoms with van der Waals surface area (Å²) in [6.45, 7) is -0.629. The topological polar surface area (TPSA) is 206 Å². The highest BCUT2D eigenvalue weighted by Crippen LogP contribution is 2.36. The largest absolute Gasteiger partial charge is 0.504 e. The van der Waals surface area contributed by atoms with Crippen LogP contribution in [0.15, 0.2) is 45.6 Å². The Morgan fingerprint density at radius 1 is 0.944 bits per heavy atom. The predicted molar refractivity (Wildman–Crippen MR) is 118 cm³/mol. The lowest BCUT2D eigenvalue weighted by Gasteiger charge is -2.40. The fourth-order valence-electron chi connectivity index (χ4n) is 3.57. The summed E-state index contributed by atoms with van der Waals surface area (Å²) in [6.07, 6.45) is -8.14. The average molecular weight is 506 g/mol. The zero-order valence-electron chi connectivity index (χ0n) is 18.6. The van der Waals surface area contributed by atoms with Crippen LogP contribution in [0.2, 0.25) is 0 Å². The Balaban J connectivity index is 1.52. The molecule has 2 heterocycles. The van der Waals surface area contributed by atoms with Gasteiger partial charge in [0.15, 0.2) is 28.7 Å². The van der Waals surface area contributed by atoms with E-state index < -0.39 is 66.2 Å². The van der Waals surface area contributed by atoms with Crippen LogP contribution in [-0.2, 0) is 9.47 Å². The van der Waals surface area contributed by atoms with Gasteiger partial charge in [-0.2, -0.15) is 0 Å². The van der Waals surface area contributed by atoms with Crippen LogP contribution in [0.4, 0.5) is 0 Å². The van der Waals surface area contributed by atoms with Crippen LogP contribution >= 0.6 is 0 Å². The van der Waals surface area contributed by atoms with Gasteiger partial charge in [-0.05, 0) is 24.3 Å². The second-order valence-electron chi connectivity index (χ2n) is 7.89. The number of fused-ring (bicyclic) bond motifs is 1. The number of esters is 1. The molecule has 13 nitrogen and oxygen atoms in total. The second-order valence-corrected chi connectivity index (χ2v) is 7.89. The first-order valence-electron chi connectivity index (χ1n) is 10.5. The molecule has 13 heteroatoms. The number of rotatable bonds is 6. The number of aromatic hydroxyl groups is 3. The lowest BCUT2D eigenvalue weighted by Crippen LogP contribution is -2.60. The first kappa shape index (κ1) is 25.1. The minimum absolute atomic E-state index is 0.0159. The highest BCUT2D eigenvalue weighted by molar-refractivity contribution is 5.91. The number of benzene rings is 2.